The second-order valence-corrected chi connectivity index (χ2v) is 4.43. The van der Waals surface area contributed by atoms with E-state index in [1.807, 2.05) is 0 Å². The summed E-state index contributed by atoms with van der Waals surface area (Å²) in [7, 11) is 0. The molecule has 1 heterocycles. The SMILES string of the molecule is CC(CSC#N)Cc1ccsc1. The zero-order valence-electron chi connectivity index (χ0n) is 6.99. The maximum absolute atomic E-state index is 8.36. The molecule has 0 radical (unpaired) electrons. The Morgan fingerprint density at radius 3 is 3.17 bits per heavy atom. The number of hydrogen-bond acceptors (Lipinski definition) is 3. The Balaban J connectivity index is 2.28. The third kappa shape index (κ3) is 3.29. The van der Waals surface area contributed by atoms with Crippen LogP contribution in [0.1, 0.15) is 12.5 Å². The fourth-order valence-electron chi connectivity index (χ4n) is 1.05. The van der Waals surface area contributed by atoms with Gasteiger partial charge in [0.05, 0.1) is 0 Å². The van der Waals surface area contributed by atoms with Crippen LogP contribution in [0, 0.1) is 16.6 Å². The molecule has 0 spiro atoms. The van der Waals surface area contributed by atoms with E-state index in [0.29, 0.717) is 5.92 Å². The van der Waals surface area contributed by atoms with Crippen LogP contribution in [0.4, 0.5) is 0 Å². The lowest BCUT2D eigenvalue weighted by molar-refractivity contribution is 0.661. The smallest absolute Gasteiger partial charge is 0.133 e. The van der Waals surface area contributed by atoms with E-state index in [1.165, 1.54) is 17.3 Å². The molecule has 0 bridgehead atoms. The van der Waals surface area contributed by atoms with Crippen LogP contribution in [-0.2, 0) is 6.42 Å². The number of nitrogens with zero attached hydrogens (tertiary/aromatic N) is 1. The van der Waals surface area contributed by atoms with Crippen molar-refractivity contribution in [3.63, 3.8) is 0 Å². The summed E-state index contributed by atoms with van der Waals surface area (Å²) in [6.45, 7) is 2.18. The van der Waals surface area contributed by atoms with E-state index in [4.69, 9.17) is 5.26 Å². The third-order valence-corrected chi connectivity index (χ3v) is 3.19. The van der Waals surface area contributed by atoms with E-state index in [-0.39, 0.29) is 0 Å². The molecule has 0 N–H and O–H groups in total. The monoisotopic (exact) mass is 197 g/mol. The Morgan fingerprint density at radius 2 is 2.58 bits per heavy atom. The molecule has 0 saturated heterocycles. The quantitative estimate of drug-likeness (QED) is 0.692. The summed E-state index contributed by atoms with van der Waals surface area (Å²) in [6.07, 6.45) is 1.10. The molecule has 1 unspecified atom stereocenters. The molecule has 1 atom stereocenters. The lowest BCUT2D eigenvalue weighted by atomic mass is 10.1. The molecule has 0 aliphatic rings. The van der Waals surface area contributed by atoms with Crippen molar-refractivity contribution in [2.45, 2.75) is 13.3 Å². The first-order valence-corrected chi connectivity index (χ1v) is 5.77. The van der Waals surface area contributed by atoms with Gasteiger partial charge in [0.15, 0.2) is 0 Å². The second kappa shape index (κ2) is 5.23. The van der Waals surface area contributed by atoms with Crippen molar-refractivity contribution >= 4 is 23.1 Å². The van der Waals surface area contributed by atoms with Crippen molar-refractivity contribution in [3.8, 4) is 5.40 Å². The zero-order valence-corrected chi connectivity index (χ0v) is 8.62. The number of rotatable bonds is 4. The summed E-state index contributed by atoms with van der Waals surface area (Å²) in [6, 6.07) is 2.15. The number of thiocyanates is 1. The van der Waals surface area contributed by atoms with Crippen LogP contribution in [0.2, 0.25) is 0 Å². The van der Waals surface area contributed by atoms with Crippen LogP contribution in [0.15, 0.2) is 16.8 Å². The summed E-state index contributed by atoms with van der Waals surface area (Å²) in [5, 5.41) is 14.7. The predicted molar refractivity (Wildman–Crippen MR) is 55.3 cm³/mol. The van der Waals surface area contributed by atoms with E-state index in [2.05, 4.69) is 29.2 Å². The minimum Gasteiger partial charge on any atom is -0.185 e. The van der Waals surface area contributed by atoms with Gasteiger partial charge in [-0.05, 0) is 46.5 Å². The predicted octanol–water partition coefficient (Wildman–Crippen LogP) is 3.14. The highest BCUT2D eigenvalue weighted by molar-refractivity contribution is 8.03. The molecule has 0 amide bonds. The van der Waals surface area contributed by atoms with Gasteiger partial charge in [0.2, 0.25) is 0 Å². The van der Waals surface area contributed by atoms with Crippen LogP contribution >= 0.6 is 23.1 Å². The largest absolute Gasteiger partial charge is 0.185 e. The van der Waals surface area contributed by atoms with E-state index >= 15 is 0 Å². The van der Waals surface area contributed by atoms with Crippen LogP contribution < -0.4 is 0 Å². The Morgan fingerprint density at radius 1 is 1.75 bits per heavy atom. The summed E-state index contributed by atoms with van der Waals surface area (Å²) in [5.41, 5.74) is 1.39. The van der Waals surface area contributed by atoms with Crippen molar-refractivity contribution in [3.05, 3.63) is 22.4 Å². The number of thiophene rings is 1. The Labute approximate surface area is 81.4 Å². The lowest BCUT2D eigenvalue weighted by Crippen LogP contribution is -2.00. The first kappa shape index (κ1) is 9.63. The fraction of sp³-hybridized carbons (Fsp3) is 0.444. The van der Waals surface area contributed by atoms with Gasteiger partial charge < -0.3 is 0 Å². The van der Waals surface area contributed by atoms with E-state index in [0.717, 1.165) is 12.2 Å². The molecule has 3 heteroatoms. The second-order valence-electron chi connectivity index (χ2n) is 2.84. The Kier molecular flexibility index (Phi) is 4.20. The van der Waals surface area contributed by atoms with Crippen molar-refractivity contribution in [2.75, 3.05) is 5.75 Å². The molecule has 0 aliphatic carbocycles. The maximum Gasteiger partial charge on any atom is 0.133 e. The molecule has 1 aromatic heterocycles. The molecule has 0 saturated carbocycles. The molecule has 0 fully saturated rings. The topological polar surface area (TPSA) is 23.8 Å². The first-order valence-electron chi connectivity index (χ1n) is 3.85. The highest BCUT2D eigenvalue weighted by Crippen LogP contribution is 2.15. The first-order chi connectivity index (χ1) is 5.83. The summed E-state index contributed by atoms with van der Waals surface area (Å²) in [4.78, 5) is 0. The maximum atomic E-state index is 8.36. The van der Waals surface area contributed by atoms with Gasteiger partial charge in [-0.15, -0.1) is 0 Å². The fourth-order valence-corrected chi connectivity index (χ4v) is 2.21. The van der Waals surface area contributed by atoms with E-state index < -0.39 is 0 Å². The molecule has 0 aromatic carbocycles. The zero-order chi connectivity index (χ0) is 8.81. The van der Waals surface area contributed by atoms with Gasteiger partial charge in [-0.25, -0.2) is 0 Å². The Bertz CT molecular complexity index is 248. The van der Waals surface area contributed by atoms with Gasteiger partial charge in [-0.3, -0.25) is 0 Å². The number of hydrogen-bond donors (Lipinski definition) is 0. The minimum atomic E-state index is 0.601. The number of thioether (sulfide) groups is 1. The molecule has 1 nitrogen and oxygen atoms in total. The minimum absolute atomic E-state index is 0.601. The molecular weight excluding hydrogens is 186 g/mol. The highest BCUT2D eigenvalue weighted by atomic mass is 32.2. The Hall–Kier alpha value is -0.460. The van der Waals surface area contributed by atoms with Crippen molar-refractivity contribution < 1.29 is 0 Å². The van der Waals surface area contributed by atoms with Crippen molar-refractivity contribution in [2.24, 2.45) is 5.92 Å². The average Bonchev–Trinajstić information content (AvgIpc) is 2.53. The summed E-state index contributed by atoms with van der Waals surface area (Å²) in [5.74, 6) is 1.54. The van der Waals surface area contributed by atoms with Gasteiger partial charge in [0.1, 0.15) is 5.40 Å². The normalized spacial score (nSPS) is 12.3. The van der Waals surface area contributed by atoms with Crippen molar-refractivity contribution in [1.29, 1.82) is 5.26 Å². The molecule has 1 rings (SSSR count). The molecule has 1 aromatic rings. The number of nitriles is 1. The lowest BCUT2D eigenvalue weighted by Gasteiger charge is -2.05. The molecule has 12 heavy (non-hydrogen) atoms. The molecular formula is C9H11NS2. The standard InChI is InChI=1S/C9H11NS2/c1-8(5-12-7-10)4-9-2-3-11-6-9/h2-3,6,8H,4-5H2,1H3. The van der Waals surface area contributed by atoms with Gasteiger partial charge >= 0.3 is 0 Å². The van der Waals surface area contributed by atoms with E-state index in [1.54, 1.807) is 11.3 Å². The summed E-state index contributed by atoms with van der Waals surface area (Å²) >= 11 is 3.08. The molecule has 64 valence electrons. The van der Waals surface area contributed by atoms with Gasteiger partial charge in [-0.2, -0.15) is 16.6 Å². The van der Waals surface area contributed by atoms with Gasteiger partial charge in [0, 0.05) is 5.75 Å². The summed E-state index contributed by atoms with van der Waals surface area (Å²) < 4.78 is 0. The van der Waals surface area contributed by atoms with Crippen LogP contribution in [0.3, 0.4) is 0 Å². The van der Waals surface area contributed by atoms with Gasteiger partial charge in [0.25, 0.3) is 0 Å². The molecule has 0 aliphatic heterocycles. The average molecular weight is 197 g/mol. The van der Waals surface area contributed by atoms with Crippen LogP contribution in [0.5, 0.6) is 0 Å². The van der Waals surface area contributed by atoms with Crippen molar-refractivity contribution in [1.82, 2.24) is 0 Å². The highest BCUT2D eigenvalue weighted by Gasteiger charge is 2.03. The third-order valence-electron chi connectivity index (χ3n) is 1.60. The van der Waals surface area contributed by atoms with Crippen LogP contribution in [-0.4, -0.2) is 5.75 Å². The van der Waals surface area contributed by atoms with Crippen LogP contribution in [0.25, 0.3) is 0 Å². The van der Waals surface area contributed by atoms with E-state index in [9.17, 15) is 0 Å². The van der Waals surface area contributed by atoms with Gasteiger partial charge in [-0.1, -0.05) is 6.92 Å².